The van der Waals surface area contributed by atoms with E-state index in [9.17, 15) is 0 Å². The summed E-state index contributed by atoms with van der Waals surface area (Å²) in [5, 5.41) is 8.60. The van der Waals surface area contributed by atoms with Crippen molar-refractivity contribution in [1.82, 2.24) is 15.2 Å². The maximum atomic E-state index is 5.85. The summed E-state index contributed by atoms with van der Waals surface area (Å²) in [7, 11) is 0. The Morgan fingerprint density at radius 2 is 1.91 bits per heavy atom. The highest BCUT2D eigenvalue weighted by atomic mass is 32.2. The Balaban J connectivity index is 1.42. The van der Waals surface area contributed by atoms with Gasteiger partial charge in [0.25, 0.3) is 11.1 Å². The summed E-state index contributed by atoms with van der Waals surface area (Å²) in [6.45, 7) is 0.351. The van der Waals surface area contributed by atoms with Crippen molar-refractivity contribution in [3.05, 3.63) is 60.2 Å². The van der Waals surface area contributed by atoms with E-state index >= 15 is 0 Å². The molecule has 0 saturated carbocycles. The van der Waals surface area contributed by atoms with Crippen LogP contribution in [0.1, 0.15) is 17.7 Å². The van der Waals surface area contributed by atoms with Crippen LogP contribution in [0.4, 0.5) is 0 Å². The summed E-state index contributed by atoms with van der Waals surface area (Å²) >= 11 is 1.44. The van der Waals surface area contributed by atoms with Crippen molar-refractivity contribution in [3.63, 3.8) is 0 Å². The number of nitrogens with zero attached hydrogens (tertiary/aromatic N) is 3. The Morgan fingerprint density at radius 3 is 2.78 bits per heavy atom. The van der Waals surface area contributed by atoms with Gasteiger partial charge < -0.3 is 13.9 Å². The van der Waals surface area contributed by atoms with Crippen LogP contribution in [0, 0.1) is 0 Å². The number of aromatic nitrogens is 3. The third-order valence-electron chi connectivity index (χ3n) is 3.28. The monoisotopic (exact) mass is 327 g/mol. The molecule has 7 heteroatoms. The zero-order valence-electron chi connectivity index (χ0n) is 12.1. The van der Waals surface area contributed by atoms with Gasteiger partial charge in [0.1, 0.15) is 6.61 Å². The predicted octanol–water partition coefficient (Wildman–Crippen LogP) is 3.27. The predicted molar refractivity (Wildman–Crippen MR) is 83.4 cm³/mol. The minimum absolute atomic E-state index is 0.351. The van der Waals surface area contributed by atoms with Crippen molar-refractivity contribution in [2.24, 2.45) is 0 Å². The quantitative estimate of drug-likeness (QED) is 0.681. The van der Waals surface area contributed by atoms with E-state index in [4.69, 9.17) is 13.9 Å². The van der Waals surface area contributed by atoms with Gasteiger partial charge in [-0.15, -0.1) is 10.2 Å². The summed E-state index contributed by atoms with van der Waals surface area (Å²) in [5.74, 6) is 2.51. The molecule has 0 aliphatic carbocycles. The Hall–Kier alpha value is -2.54. The fourth-order valence-corrected chi connectivity index (χ4v) is 2.85. The number of para-hydroxylation sites is 2. The van der Waals surface area contributed by atoms with Gasteiger partial charge in [-0.25, -0.2) is 0 Å². The van der Waals surface area contributed by atoms with Gasteiger partial charge in [0.15, 0.2) is 11.5 Å². The van der Waals surface area contributed by atoms with Crippen LogP contribution in [0.2, 0.25) is 0 Å². The van der Waals surface area contributed by atoms with Crippen molar-refractivity contribution in [3.8, 4) is 11.5 Å². The normalized spacial score (nSPS) is 16.3. The fraction of sp³-hybridized carbons (Fsp3) is 0.188. The van der Waals surface area contributed by atoms with E-state index in [-0.39, 0.29) is 6.10 Å². The average molecular weight is 327 g/mol. The van der Waals surface area contributed by atoms with Crippen LogP contribution in [0.25, 0.3) is 0 Å². The van der Waals surface area contributed by atoms with Crippen molar-refractivity contribution in [2.75, 3.05) is 6.61 Å². The molecule has 1 aliphatic rings. The molecule has 0 fully saturated rings. The largest absolute Gasteiger partial charge is 0.485 e. The first-order valence-corrected chi connectivity index (χ1v) is 8.11. The molecule has 2 aromatic heterocycles. The van der Waals surface area contributed by atoms with Gasteiger partial charge in [-0.1, -0.05) is 30.0 Å². The third kappa shape index (κ3) is 3.14. The Bertz CT molecular complexity index is 794. The SMILES string of the molecule is c1ccc(CSc2nnc([C@@H]3COc4ccccc4O3)o2)nc1. The molecule has 23 heavy (non-hydrogen) atoms. The molecule has 0 spiro atoms. The fourth-order valence-electron chi connectivity index (χ4n) is 2.17. The molecule has 6 nitrogen and oxygen atoms in total. The first kappa shape index (κ1) is 14.1. The second kappa shape index (κ2) is 6.29. The number of ether oxygens (including phenoxy) is 2. The molecule has 0 radical (unpaired) electrons. The van der Waals surface area contributed by atoms with Gasteiger partial charge in [-0.2, -0.15) is 0 Å². The zero-order chi connectivity index (χ0) is 15.5. The molecule has 1 aliphatic heterocycles. The molecule has 116 valence electrons. The van der Waals surface area contributed by atoms with Crippen LogP contribution in [0.15, 0.2) is 58.3 Å². The van der Waals surface area contributed by atoms with Crippen LogP contribution in [0.3, 0.4) is 0 Å². The first-order valence-electron chi connectivity index (χ1n) is 7.13. The molecule has 4 rings (SSSR count). The van der Waals surface area contributed by atoms with Gasteiger partial charge in [0.2, 0.25) is 6.10 Å². The summed E-state index contributed by atoms with van der Waals surface area (Å²) in [4.78, 5) is 4.26. The highest BCUT2D eigenvalue weighted by Gasteiger charge is 2.27. The van der Waals surface area contributed by atoms with Crippen molar-refractivity contribution in [1.29, 1.82) is 0 Å². The van der Waals surface area contributed by atoms with Gasteiger partial charge >= 0.3 is 0 Å². The minimum Gasteiger partial charge on any atom is -0.485 e. The highest BCUT2D eigenvalue weighted by molar-refractivity contribution is 7.98. The van der Waals surface area contributed by atoms with Crippen LogP contribution >= 0.6 is 11.8 Å². The van der Waals surface area contributed by atoms with Crippen molar-refractivity contribution in [2.45, 2.75) is 17.1 Å². The van der Waals surface area contributed by atoms with Crippen molar-refractivity contribution >= 4 is 11.8 Å². The number of pyridine rings is 1. The molecular formula is C16H13N3O3S. The van der Waals surface area contributed by atoms with Crippen LogP contribution in [-0.4, -0.2) is 21.8 Å². The van der Waals surface area contributed by atoms with E-state index in [0.717, 1.165) is 11.4 Å². The van der Waals surface area contributed by atoms with E-state index in [1.165, 1.54) is 11.8 Å². The number of hydrogen-bond acceptors (Lipinski definition) is 7. The number of hydrogen-bond donors (Lipinski definition) is 0. The lowest BCUT2D eigenvalue weighted by atomic mass is 10.2. The molecule has 1 aromatic carbocycles. The maximum Gasteiger partial charge on any atom is 0.277 e. The Labute approximate surface area is 136 Å². The van der Waals surface area contributed by atoms with Crippen LogP contribution in [0.5, 0.6) is 11.5 Å². The molecule has 1 atom stereocenters. The lowest BCUT2D eigenvalue weighted by Crippen LogP contribution is -2.21. The van der Waals surface area contributed by atoms with Gasteiger partial charge in [0.05, 0.1) is 5.69 Å². The van der Waals surface area contributed by atoms with Crippen LogP contribution < -0.4 is 9.47 Å². The smallest absolute Gasteiger partial charge is 0.277 e. The molecule has 3 aromatic rings. The Kier molecular flexibility index (Phi) is 3.85. The first-order chi connectivity index (χ1) is 11.4. The molecule has 0 amide bonds. The lowest BCUT2D eigenvalue weighted by molar-refractivity contribution is 0.0686. The molecule has 0 bridgehead atoms. The van der Waals surface area contributed by atoms with Crippen molar-refractivity contribution < 1.29 is 13.9 Å². The van der Waals surface area contributed by atoms with E-state index in [1.807, 2.05) is 42.5 Å². The van der Waals surface area contributed by atoms with E-state index in [0.29, 0.717) is 29.2 Å². The molecule has 3 heterocycles. The topological polar surface area (TPSA) is 70.3 Å². The van der Waals surface area contributed by atoms with Gasteiger partial charge in [-0.05, 0) is 24.3 Å². The lowest BCUT2D eigenvalue weighted by Gasteiger charge is -2.23. The molecule has 0 saturated heterocycles. The highest BCUT2D eigenvalue weighted by Crippen LogP contribution is 2.36. The van der Waals surface area contributed by atoms with Crippen LogP contribution in [-0.2, 0) is 5.75 Å². The zero-order valence-corrected chi connectivity index (χ0v) is 12.9. The number of rotatable bonds is 4. The summed E-state index contributed by atoms with van der Waals surface area (Å²) in [5.41, 5.74) is 0.962. The van der Waals surface area contributed by atoms with E-state index in [2.05, 4.69) is 15.2 Å². The maximum absolute atomic E-state index is 5.85. The second-order valence-electron chi connectivity index (χ2n) is 4.88. The summed E-state index contributed by atoms with van der Waals surface area (Å²) < 4.78 is 17.2. The standard InChI is InChI=1S/C16H13N3O3S/c1-2-7-13-12(6-1)20-9-14(21-13)15-18-19-16(22-15)23-10-11-5-3-4-8-17-11/h1-8,14H,9-10H2/t14-/m0/s1. The molecular weight excluding hydrogens is 314 g/mol. The summed E-state index contributed by atoms with van der Waals surface area (Å²) in [6, 6.07) is 13.3. The number of benzene rings is 1. The average Bonchev–Trinajstić information content (AvgIpc) is 3.09. The number of thioether (sulfide) groups is 1. The molecule has 0 N–H and O–H groups in total. The second-order valence-corrected chi connectivity index (χ2v) is 5.81. The van der Waals surface area contributed by atoms with Gasteiger partial charge in [0, 0.05) is 11.9 Å². The van der Waals surface area contributed by atoms with E-state index < -0.39 is 0 Å². The third-order valence-corrected chi connectivity index (χ3v) is 4.13. The Morgan fingerprint density at radius 1 is 1.04 bits per heavy atom. The van der Waals surface area contributed by atoms with Gasteiger partial charge in [-0.3, -0.25) is 4.98 Å². The van der Waals surface area contributed by atoms with E-state index in [1.54, 1.807) is 6.20 Å². The summed E-state index contributed by atoms with van der Waals surface area (Å²) in [6.07, 6.45) is 1.38. The minimum atomic E-state index is -0.387. The number of fused-ring (bicyclic) bond motifs is 1. The molecule has 0 unspecified atom stereocenters.